The maximum atomic E-state index is 12.8. The van der Waals surface area contributed by atoms with Gasteiger partial charge in [-0.1, -0.05) is 0 Å². The van der Waals surface area contributed by atoms with Crippen molar-refractivity contribution in [3.05, 3.63) is 28.6 Å². The standard InChI is InChI=1S/C10H12F2N2O2/c1-5-3-6(10(15)16-2)8(9(11)12)7(4-13)14-5/h3,9H,4,13H2,1-2H3. The van der Waals surface area contributed by atoms with E-state index < -0.39 is 18.0 Å². The monoisotopic (exact) mass is 230 g/mol. The summed E-state index contributed by atoms with van der Waals surface area (Å²) >= 11 is 0. The second kappa shape index (κ2) is 4.98. The van der Waals surface area contributed by atoms with Crippen LogP contribution in [0.2, 0.25) is 0 Å². The van der Waals surface area contributed by atoms with Crippen LogP contribution in [0.1, 0.15) is 33.7 Å². The number of aromatic nitrogens is 1. The minimum absolute atomic E-state index is 0.0235. The average Bonchev–Trinajstić information content (AvgIpc) is 2.26. The van der Waals surface area contributed by atoms with Crippen LogP contribution in [-0.2, 0) is 11.3 Å². The van der Waals surface area contributed by atoms with Gasteiger partial charge in [0.1, 0.15) is 0 Å². The summed E-state index contributed by atoms with van der Waals surface area (Å²) in [6, 6.07) is 1.27. The van der Waals surface area contributed by atoms with Crippen LogP contribution in [0.3, 0.4) is 0 Å². The van der Waals surface area contributed by atoms with Gasteiger partial charge in [-0.2, -0.15) is 0 Å². The van der Waals surface area contributed by atoms with E-state index in [1.54, 1.807) is 6.92 Å². The molecule has 88 valence electrons. The first-order chi connectivity index (χ1) is 7.51. The second-order valence-electron chi connectivity index (χ2n) is 3.17. The lowest BCUT2D eigenvalue weighted by atomic mass is 10.1. The third kappa shape index (κ3) is 2.33. The molecule has 0 aromatic carbocycles. The highest BCUT2D eigenvalue weighted by molar-refractivity contribution is 5.91. The molecule has 0 spiro atoms. The minimum atomic E-state index is -2.80. The van der Waals surface area contributed by atoms with Gasteiger partial charge in [-0.3, -0.25) is 4.98 Å². The van der Waals surface area contributed by atoms with Gasteiger partial charge in [-0.05, 0) is 13.0 Å². The lowest BCUT2D eigenvalue weighted by molar-refractivity contribution is 0.0588. The smallest absolute Gasteiger partial charge is 0.338 e. The van der Waals surface area contributed by atoms with Crippen molar-refractivity contribution in [2.24, 2.45) is 5.73 Å². The first-order valence-corrected chi connectivity index (χ1v) is 4.58. The summed E-state index contributed by atoms with van der Waals surface area (Å²) in [6.45, 7) is 1.45. The van der Waals surface area contributed by atoms with Crippen LogP contribution >= 0.6 is 0 Å². The number of carbonyl (C=O) groups is 1. The largest absolute Gasteiger partial charge is 0.465 e. The number of hydrogen-bond donors (Lipinski definition) is 1. The molecule has 6 heteroatoms. The van der Waals surface area contributed by atoms with E-state index in [0.717, 1.165) is 7.11 Å². The molecule has 0 radical (unpaired) electrons. The number of ether oxygens (including phenoxy) is 1. The Balaban J connectivity index is 3.44. The molecule has 1 heterocycles. The summed E-state index contributed by atoms with van der Waals surface area (Å²) in [4.78, 5) is 15.2. The molecule has 0 aliphatic heterocycles. The van der Waals surface area contributed by atoms with Gasteiger partial charge in [0.05, 0.1) is 23.9 Å². The predicted octanol–water partition coefficient (Wildman–Crippen LogP) is 1.57. The number of alkyl halides is 2. The number of esters is 1. The molecule has 16 heavy (non-hydrogen) atoms. The van der Waals surface area contributed by atoms with E-state index in [4.69, 9.17) is 5.73 Å². The van der Waals surface area contributed by atoms with Crippen LogP contribution in [0.4, 0.5) is 8.78 Å². The quantitative estimate of drug-likeness (QED) is 0.800. The second-order valence-corrected chi connectivity index (χ2v) is 3.17. The van der Waals surface area contributed by atoms with Crippen molar-refractivity contribution in [3.8, 4) is 0 Å². The van der Waals surface area contributed by atoms with Crippen LogP contribution < -0.4 is 5.73 Å². The molecule has 0 aliphatic rings. The van der Waals surface area contributed by atoms with Crippen molar-refractivity contribution in [2.45, 2.75) is 19.9 Å². The van der Waals surface area contributed by atoms with Gasteiger partial charge < -0.3 is 10.5 Å². The molecular formula is C10H12F2N2O2. The SMILES string of the molecule is COC(=O)c1cc(C)nc(CN)c1C(F)F. The number of rotatable bonds is 3. The first kappa shape index (κ1) is 12.5. The Kier molecular flexibility index (Phi) is 3.89. The molecule has 0 bridgehead atoms. The maximum Gasteiger partial charge on any atom is 0.338 e. The summed E-state index contributed by atoms with van der Waals surface area (Å²) in [5, 5.41) is 0. The van der Waals surface area contributed by atoms with Crippen LogP contribution in [0.5, 0.6) is 0 Å². The molecule has 0 saturated heterocycles. The van der Waals surface area contributed by atoms with Crippen molar-refractivity contribution in [3.63, 3.8) is 0 Å². The number of hydrogen-bond acceptors (Lipinski definition) is 4. The normalized spacial score (nSPS) is 10.6. The predicted molar refractivity (Wildman–Crippen MR) is 53.2 cm³/mol. The van der Waals surface area contributed by atoms with Crippen LogP contribution in [-0.4, -0.2) is 18.1 Å². The fraction of sp³-hybridized carbons (Fsp3) is 0.400. The number of methoxy groups -OCH3 is 1. The van der Waals surface area contributed by atoms with Gasteiger partial charge in [0.2, 0.25) is 0 Å². The van der Waals surface area contributed by atoms with E-state index >= 15 is 0 Å². The van der Waals surface area contributed by atoms with E-state index in [0.29, 0.717) is 5.69 Å². The molecule has 1 aromatic heterocycles. The number of aryl methyl sites for hydroxylation is 1. The molecule has 0 aliphatic carbocycles. The van der Waals surface area contributed by atoms with Crippen molar-refractivity contribution < 1.29 is 18.3 Å². The van der Waals surface area contributed by atoms with Gasteiger partial charge in [-0.25, -0.2) is 13.6 Å². The lowest BCUT2D eigenvalue weighted by Gasteiger charge is -2.12. The van der Waals surface area contributed by atoms with Crippen LogP contribution in [0, 0.1) is 6.92 Å². The van der Waals surface area contributed by atoms with Gasteiger partial charge in [0.15, 0.2) is 0 Å². The number of carbonyl (C=O) groups excluding carboxylic acids is 1. The van der Waals surface area contributed by atoms with Crippen LogP contribution in [0.25, 0.3) is 0 Å². The number of pyridine rings is 1. The molecule has 0 unspecified atom stereocenters. The molecule has 0 saturated carbocycles. The van der Waals surface area contributed by atoms with Crippen molar-refractivity contribution in [2.75, 3.05) is 7.11 Å². The van der Waals surface area contributed by atoms with E-state index in [1.807, 2.05) is 0 Å². The summed E-state index contributed by atoms with van der Waals surface area (Å²) < 4.78 is 30.0. The number of halogens is 2. The fourth-order valence-electron chi connectivity index (χ4n) is 1.43. The zero-order valence-electron chi connectivity index (χ0n) is 8.96. The highest BCUT2D eigenvalue weighted by Gasteiger charge is 2.23. The Morgan fingerprint density at radius 1 is 1.62 bits per heavy atom. The van der Waals surface area contributed by atoms with Gasteiger partial charge in [-0.15, -0.1) is 0 Å². The van der Waals surface area contributed by atoms with E-state index in [2.05, 4.69) is 9.72 Å². The number of nitrogens with zero attached hydrogens (tertiary/aromatic N) is 1. The third-order valence-corrected chi connectivity index (χ3v) is 2.08. The molecule has 4 nitrogen and oxygen atoms in total. The van der Waals surface area contributed by atoms with Crippen molar-refractivity contribution >= 4 is 5.97 Å². The lowest BCUT2D eigenvalue weighted by Crippen LogP contribution is -2.14. The summed E-state index contributed by atoms with van der Waals surface area (Å²) in [5.74, 6) is -0.810. The molecule has 1 aromatic rings. The molecule has 2 N–H and O–H groups in total. The Hall–Kier alpha value is -1.56. The number of nitrogens with two attached hydrogens (primary N) is 1. The average molecular weight is 230 g/mol. The van der Waals surface area contributed by atoms with Gasteiger partial charge in [0, 0.05) is 12.2 Å². The van der Waals surface area contributed by atoms with Gasteiger partial charge >= 0.3 is 5.97 Å². The first-order valence-electron chi connectivity index (χ1n) is 4.58. The summed E-state index contributed by atoms with van der Waals surface area (Å²) in [5.41, 5.74) is 5.17. The Bertz CT molecular complexity index is 408. The minimum Gasteiger partial charge on any atom is -0.465 e. The van der Waals surface area contributed by atoms with Gasteiger partial charge in [0.25, 0.3) is 6.43 Å². The molecule has 0 fully saturated rings. The Labute approximate surface area is 91.4 Å². The van der Waals surface area contributed by atoms with E-state index in [9.17, 15) is 13.6 Å². The van der Waals surface area contributed by atoms with Crippen LogP contribution in [0.15, 0.2) is 6.07 Å². The Morgan fingerprint density at radius 3 is 2.69 bits per heavy atom. The van der Waals surface area contributed by atoms with Crippen molar-refractivity contribution in [1.29, 1.82) is 0 Å². The molecule has 0 atom stereocenters. The summed E-state index contributed by atoms with van der Waals surface area (Å²) in [7, 11) is 1.13. The fourth-order valence-corrected chi connectivity index (χ4v) is 1.43. The van der Waals surface area contributed by atoms with E-state index in [1.165, 1.54) is 6.07 Å². The molecular weight excluding hydrogens is 218 g/mol. The Morgan fingerprint density at radius 2 is 2.25 bits per heavy atom. The highest BCUT2D eigenvalue weighted by atomic mass is 19.3. The molecule has 0 amide bonds. The zero-order valence-corrected chi connectivity index (χ0v) is 8.96. The topological polar surface area (TPSA) is 65.2 Å². The molecule has 1 rings (SSSR count). The zero-order chi connectivity index (χ0) is 12.3. The summed E-state index contributed by atoms with van der Waals surface area (Å²) in [6.07, 6.45) is -2.80. The maximum absolute atomic E-state index is 12.8. The van der Waals surface area contributed by atoms with Crippen molar-refractivity contribution in [1.82, 2.24) is 4.98 Å². The van der Waals surface area contributed by atoms with E-state index in [-0.39, 0.29) is 17.8 Å². The third-order valence-electron chi connectivity index (χ3n) is 2.08. The highest BCUT2D eigenvalue weighted by Crippen LogP contribution is 2.26.